The van der Waals surface area contributed by atoms with Gasteiger partial charge in [0.15, 0.2) is 10.8 Å². The summed E-state index contributed by atoms with van der Waals surface area (Å²) in [7, 11) is 0. The molecule has 92 valence electrons. The van der Waals surface area contributed by atoms with Crippen LogP contribution < -0.4 is 0 Å². The Morgan fingerprint density at radius 1 is 1.28 bits per heavy atom. The number of rotatable bonds is 2. The van der Waals surface area contributed by atoms with Crippen LogP contribution in [0.1, 0.15) is 22.9 Å². The molecular weight excluding hydrogens is 268 g/mol. The molecule has 0 radical (unpaired) electrons. The van der Waals surface area contributed by atoms with Crippen molar-refractivity contribution < 1.29 is 4.42 Å². The lowest BCUT2D eigenvalue weighted by Crippen LogP contribution is -1.80. The van der Waals surface area contributed by atoms with E-state index in [2.05, 4.69) is 23.2 Å². The number of aryl methyl sites for hydroxylation is 1. The van der Waals surface area contributed by atoms with Crippen LogP contribution in [0.3, 0.4) is 0 Å². The fourth-order valence-electron chi connectivity index (χ4n) is 1.76. The van der Waals surface area contributed by atoms with Crippen LogP contribution >= 0.6 is 22.9 Å². The molecule has 0 bridgehead atoms. The summed E-state index contributed by atoms with van der Waals surface area (Å²) in [6, 6.07) is 8.09. The molecule has 2 aromatic heterocycles. The van der Waals surface area contributed by atoms with Crippen molar-refractivity contribution in [1.29, 1.82) is 0 Å². The Kier molecular flexibility index (Phi) is 2.84. The van der Waals surface area contributed by atoms with E-state index in [4.69, 9.17) is 16.0 Å². The van der Waals surface area contributed by atoms with Crippen molar-refractivity contribution in [3.8, 4) is 10.8 Å². The first-order valence-electron chi connectivity index (χ1n) is 5.61. The normalized spacial score (nSPS) is 13.1. The lowest BCUT2D eigenvalue weighted by atomic mass is 10.2. The molecule has 2 heterocycles. The van der Waals surface area contributed by atoms with Crippen molar-refractivity contribution in [2.24, 2.45) is 0 Å². The molecule has 0 aliphatic rings. The summed E-state index contributed by atoms with van der Waals surface area (Å²) >= 11 is 7.45. The smallest absolute Gasteiger partial charge is 0.183 e. The second kappa shape index (κ2) is 4.37. The van der Waals surface area contributed by atoms with E-state index in [0.29, 0.717) is 0 Å². The van der Waals surface area contributed by atoms with E-state index in [1.54, 1.807) is 0 Å². The van der Waals surface area contributed by atoms with Gasteiger partial charge in [0.2, 0.25) is 0 Å². The van der Waals surface area contributed by atoms with E-state index in [1.165, 1.54) is 16.9 Å². The quantitative estimate of drug-likeness (QED) is 0.645. The van der Waals surface area contributed by atoms with E-state index in [1.807, 2.05) is 25.1 Å². The highest BCUT2D eigenvalue weighted by atomic mass is 35.5. The lowest BCUT2D eigenvalue weighted by molar-refractivity contribution is 0.629. The molecule has 3 rings (SSSR count). The molecule has 0 N–H and O–H groups in total. The molecule has 1 aromatic carbocycles. The molecule has 0 spiro atoms. The summed E-state index contributed by atoms with van der Waals surface area (Å²) in [5.41, 5.74) is 2.08. The van der Waals surface area contributed by atoms with Crippen LogP contribution in [-0.4, -0.2) is 10.2 Å². The molecular formula is C13H11ClN2OS. The second-order valence-electron chi connectivity index (χ2n) is 4.21. The molecule has 3 nitrogen and oxygen atoms in total. The highest BCUT2D eigenvalue weighted by Crippen LogP contribution is 2.33. The third kappa shape index (κ3) is 2.02. The van der Waals surface area contributed by atoms with Crippen LogP contribution in [0.5, 0.6) is 0 Å². The minimum absolute atomic E-state index is 0.122. The monoisotopic (exact) mass is 278 g/mol. The molecule has 0 saturated carbocycles. The first-order chi connectivity index (χ1) is 8.63. The van der Waals surface area contributed by atoms with Crippen molar-refractivity contribution in [2.75, 3.05) is 0 Å². The van der Waals surface area contributed by atoms with Crippen LogP contribution in [0, 0.1) is 6.92 Å². The topological polar surface area (TPSA) is 38.9 Å². The van der Waals surface area contributed by atoms with Gasteiger partial charge in [-0.25, -0.2) is 0 Å². The number of nitrogens with zero attached hydrogens (tertiary/aromatic N) is 2. The minimum Gasteiger partial charge on any atom is -0.453 e. The number of fused-ring (bicyclic) bond motifs is 1. The van der Waals surface area contributed by atoms with Crippen molar-refractivity contribution in [3.05, 3.63) is 34.8 Å². The van der Waals surface area contributed by atoms with Gasteiger partial charge in [-0.3, -0.25) is 0 Å². The zero-order valence-corrected chi connectivity index (χ0v) is 11.5. The van der Waals surface area contributed by atoms with Crippen molar-refractivity contribution in [3.63, 3.8) is 0 Å². The van der Waals surface area contributed by atoms with E-state index in [9.17, 15) is 0 Å². The fourth-order valence-corrected chi connectivity index (χ4v) is 2.67. The van der Waals surface area contributed by atoms with E-state index >= 15 is 0 Å². The van der Waals surface area contributed by atoms with Gasteiger partial charge >= 0.3 is 0 Å². The van der Waals surface area contributed by atoms with Crippen LogP contribution in [-0.2, 0) is 0 Å². The maximum absolute atomic E-state index is 5.98. The van der Waals surface area contributed by atoms with E-state index in [0.717, 1.165) is 26.7 Å². The van der Waals surface area contributed by atoms with Crippen molar-refractivity contribution >= 4 is 33.9 Å². The summed E-state index contributed by atoms with van der Waals surface area (Å²) in [6.07, 6.45) is 0. The van der Waals surface area contributed by atoms with Crippen molar-refractivity contribution in [1.82, 2.24) is 10.2 Å². The predicted molar refractivity (Wildman–Crippen MR) is 74.1 cm³/mol. The van der Waals surface area contributed by atoms with Crippen LogP contribution in [0.4, 0.5) is 0 Å². The number of hydrogen-bond acceptors (Lipinski definition) is 4. The number of halogens is 1. The third-order valence-corrected chi connectivity index (χ3v) is 4.12. The van der Waals surface area contributed by atoms with E-state index < -0.39 is 0 Å². The highest BCUT2D eigenvalue weighted by Gasteiger charge is 2.14. The second-order valence-corrected chi connectivity index (χ2v) is 5.88. The summed E-state index contributed by atoms with van der Waals surface area (Å²) in [6.45, 7) is 3.94. The Balaban J connectivity index is 2.07. The minimum atomic E-state index is -0.122. The Morgan fingerprint density at radius 3 is 2.83 bits per heavy atom. The molecule has 18 heavy (non-hydrogen) atoms. The van der Waals surface area contributed by atoms with Crippen molar-refractivity contribution in [2.45, 2.75) is 19.2 Å². The zero-order valence-electron chi connectivity index (χ0n) is 9.98. The van der Waals surface area contributed by atoms with E-state index in [-0.39, 0.29) is 5.38 Å². The summed E-state index contributed by atoms with van der Waals surface area (Å²) < 4.78 is 5.77. The highest BCUT2D eigenvalue weighted by molar-refractivity contribution is 7.14. The largest absolute Gasteiger partial charge is 0.453 e. The molecule has 0 aliphatic carbocycles. The van der Waals surface area contributed by atoms with Gasteiger partial charge in [-0.05, 0) is 32.0 Å². The van der Waals surface area contributed by atoms with Gasteiger partial charge in [-0.1, -0.05) is 23.0 Å². The summed E-state index contributed by atoms with van der Waals surface area (Å²) in [4.78, 5) is 0. The summed E-state index contributed by atoms with van der Waals surface area (Å²) in [5.74, 6) is 0.747. The molecule has 1 unspecified atom stereocenters. The van der Waals surface area contributed by atoms with Gasteiger partial charge < -0.3 is 4.42 Å². The molecule has 0 fully saturated rings. The lowest BCUT2D eigenvalue weighted by Gasteiger charge is -1.90. The fraction of sp³-hybridized carbons (Fsp3) is 0.231. The molecule has 0 aliphatic heterocycles. The average molecular weight is 279 g/mol. The number of hydrogen-bond donors (Lipinski definition) is 0. The van der Waals surface area contributed by atoms with Gasteiger partial charge in [0.25, 0.3) is 0 Å². The summed E-state index contributed by atoms with van der Waals surface area (Å²) in [5, 5.41) is 10.7. The molecule has 1 atom stereocenters. The molecule has 0 amide bonds. The SMILES string of the molecule is Cc1ccc2oc(-c3nnc(C(C)Cl)s3)cc2c1. The number of aromatic nitrogens is 2. The van der Waals surface area contributed by atoms with Gasteiger partial charge in [0.05, 0.1) is 5.38 Å². The maximum Gasteiger partial charge on any atom is 0.183 e. The molecule has 5 heteroatoms. The van der Waals surface area contributed by atoms with Crippen LogP contribution in [0.15, 0.2) is 28.7 Å². The Morgan fingerprint density at radius 2 is 2.11 bits per heavy atom. The molecule has 0 saturated heterocycles. The average Bonchev–Trinajstić information content (AvgIpc) is 2.93. The first-order valence-corrected chi connectivity index (χ1v) is 6.87. The Labute approximate surface area is 113 Å². The third-order valence-electron chi connectivity index (χ3n) is 2.66. The van der Waals surface area contributed by atoms with Gasteiger partial charge in [-0.2, -0.15) is 0 Å². The van der Waals surface area contributed by atoms with Gasteiger partial charge in [-0.15, -0.1) is 21.8 Å². The Bertz CT molecular complexity index is 702. The number of alkyl halides is 1. The first kappa shape index (κ1) is 11.7. The zero-order chi connectivity index (χ0) is 12.7. The van der Waals surface area contributed by atoms with Crippen LogP contribution in [0.2, 0.25) is 0 Å². The van der Waals surface area contributed by atoms with Gasteiger partial charge in [0, 0.05) is 5.39 Å². The Hall–Kier alpha value is -1.39. The van der Waals surface area contributed by atoms with Crippen LogP contribution in [0.25, 0.3) is 21.7 Å². The standard InChI is InChI=1S/C13H11ClN2OS/c1-7-3-4-10-9(5-7)6-11(17-10)13-16-15-12(18-13)8(2)14/h3-6,8H,1-2H3. The maximum atomic E-state index is 5.98. The number of furan rings is 1. The number of benzene rings is 1. The molecule has 3 aromatic rings. The van der Waals surface area contributed by atoms with Gasteiger partial charge in [0.1, 0.15) is 10.6 Å². The predicted octanol–water partition coefficient (Wildman–Crippen LogP) is 4.56.